The number of anilines is 1. The lowest BCUT2D eigenvalue weighted by Crippen LogP contribution is -2.47. The lowest BCUT2D eigenvalue weighted by Gasteiger charge is -2.33. The first-order valence-corrected chi connectivity index (χ1v) is 11.3. The van der Waals surface area contributed by atoms with Crippen molar-refractivity contribution in [3.63, 3.8) is 0 Å². The van der Waals surface area contributed by atoms with Gasteiger partial charge in [-0.05, 0) is 30.7 Å². The van der Waals surface area contributed by atoms with Gasteiger partial charge in [0.2, 0.25) is 5.71 Å². The van der Waals surface area contributed by atoms with Crippen LogP contribution in [0.25, 0.3) is 0 Å². The summed E-state index contributed by atoms with van der Waals surface area (Å²) in [5, 5.41) is 24.3. The number of carbonyl (C=O) groups is 1. The van der Waals surface area contributed by atoms with E-state index in [2.05, 4.69) is 20.7 Å². The predicted octanol–water partition coefficient (Wildman–Crippen LogP) is 3.32. The van der Waals surface area contributed by atoms with Crippen LogP contribution in [0, 0.1) is 28.5 Å². The van der Waals surface area contributed by atoms with Gasteiger partial charge in [-0.1, -0.05) is 23.7 Å². The second-order valence-corrected chi connectivity index (χ2v) is 8.03. The molecule has 1 heterocycles. The summed E-state index contributed by atoms with van der Waals surface area (Å²) in [7, 11) is 0. The van der Waals surface area contributed by atoms with E-state index in [-0.39, 0.29) is 52.1 Å². The number of amides is 1. The maximum absolute atomic E-state index is 13.1. The lowest BCUT2D eigenvalue weighted by atomic mass is 10.1. The van der Waals surface area contributed by atoms with Crippen LogP contribution in [0.1, 0.15) is 22.8 Å². The van der Waals surface area contributed by atoms with Gasteiger partial charge in [0.15, 0.2) is 0 Å². The molecule has 0 bridgehead atoms. The molecule has 2 N–H and O–H groups in total. The molecule has 0 aromatic heterocycles. The van der Waals surface area contributed by atoms with E-state index >= 15 is 0 Å². The van der Waals surface area contributed by atoms with Crippen LogP contribution in [-0.4, -0.2) is 55.5 Å². The van der Waals surface area contributed by atoms with Gasteiger partial charge in [-0.3, -0.25) is 15.1 Å². The lowest BCUT2D eigenvalue weighted by molar-refractivity contribution is -0.0292. The van der Waals surface area contributed by atoms with E-state index in [9.17, 15) is 9.18 Å². The number of nitrogens with one attached hydrogen (secondary N) is 2. The van der Waals surface area contributed by atoms with Crippen molar-refractivity contribution in [1.82, 2.24) is 10.2 Å². The average Bonchev–Trinajstić information content (AvgIpc) is 2.86. The molecule has 1 aliphatic rings. The van der Waals surface area contributed by atoms with E-state index in [0.29, 0.717) is 26.3 Å². The Morgan fingerprint density at radius 3 is 2.74 bits per heavy atom. The Kier molecular flexibility index (Phi) is 9.39. The zero-order valence-electron chi connectivity index (χ0n) is 19.1. The maximum Gasteiger partial charge on any atom is 0.255 e. The number of nitriles is 2. The number of hydrogen-bond acceptors (Lipinski definition) is 8. The van der Waals surface area contributed by atoms with Crippen molar-refractivity contribution in [2.45, 2.75) is 19.6 Å². The molecule has 2 aromatic rings. The summed E-state index contributed by atoms with van der Waals surface area (Å²) in [6, 6.07) is 12.6. The number of hydrazone groups is 1. The number of ether oxygens (including phenoxy) is 2. The van der Waals surface area contributed by atoms with Crippen LogP contribution in [0.5, 0.6) is 5.75 Å². The van der Waals surface area contributed by atoms with Crippen LogP contribution in [-0.2, 0) is 11.3 Å². The van der Waals surface area contributed by atoms with Gasteiger partial charge in [-0.15, -0.1) is 0 Å². The molecule has 9 nitrogen and oxygen atoms in total. The van der Waals surface area contributed by atoms with Crippen LogP contribution in [0.2, 0.25) is 5.02 Å². The fourth-order valence-electron chi connectivity index (χ4n) is 3.48. The van der Waals surface area contributed by atoms with E-state index in [0.717, 1.165) is 12.1 Å². The zero-order valence-corrected chi connectivity index (χ0v) is 19.8. The normalized spacial score (nSPS) is 15.4. The van der Waals surface area contributed by atoms with Gasteiger partial charge in [-0.25, -0.2) is 4.39 Å². The Labute approximate surface area is 207 Å². The van der Waals surface area contributed by atoms with Crippen LogP contribution < -0.4 is 15.5 Å². The molecule has 3 rings (SSSR count). The van der Waals surface area contributed by atoms with Gasteiger partial charge < -0.3 is 14.8 Å². The first kappa shape index (κ1) is 25.9. The molecule has 1 fully saturated rings. The Morgan fingerprint density at radius 2 is 2.06 bits per heavy atom. The third kappa shape index (κ3) is 7.39. The van der Waals surface area contributed by atoms with Gasteiger partial charge in [0.1, 0.15) is 23.7 Å². The third-order valence-corrected chi connectivity index (χ3v) is 5.46. The van der Waals surface area contributed by atoms with Gasteiger partial charge in [0.25, 0.3) is 5.91 Å². The van der Waals surface area contributed by atoms with Crippen LogP contribution in [0.15, 0.2) is 41.5 Å². The monoisotopic (exact) mass is 498 g/mol. The van der Waals surface area contributed by atoms with E-state index in [1.807, 2.05) is 0 Å². The Hall–Kier alpha value is -3.70. The number of nitrogens with zero attached hydrogens (tertiary/aromatic N) is 4. The highest BCUT2D eigenvalue weighted by molar-refractivity contribution is 6.33. The van der Waals surface area contributed by atoms with Gasteiger partial charge in [0.05, 0.1) is 35.6 Å². The molecule has 1 atom stereocenters. The second-order valence-electron chi connectivity index (χ2n) is 7.62. The van der Waals surface area contributed by atoms with Crippen molar-refractivity contribution in [3.8, 4) is 17.9 Å². The standard InChI is InChI=1S/C24H24ClFN6O3/c1-2-34-23-10-22(31-30-18(11-27)12-28)21(25)9-20(23)24(33)29-13-19-15-32(7-8-35-19)14-16-3-5-17(26)6-4-16/h3-6,9-10,19,31H,2,7-8,13-15H2,1H3,(H,29,33). The third-order valence-electron chi connectivity index (χ3n) is 5.15. The summed E-state index contributed by atoms with van der Waals surface area (Å²) >= 11 is 6.28. The van der Waals surface area contributed by atoms with Gasteiger partial charge in [-0.2, -0.15) is 15.6 Å². The highest BCUT2D eigenvalue weighted by atomic mass is 35.5. The minimum Gasteiger partial charge on any atom is -0.493 e. The number of benzene rings is 2. The molecular weight excluding hydrogens is 475 g/mol. The summed E-state index contributed by atoms with van der Waals surface area (Å²) in [5.74, 6) is -0.391. The SMILES string of the molecule is CCOc1cc(NN=C(C#N)C#N)c(Cl)cc1C(=O)NCC1CN(Cc2ccc(F)cc2)CCO1. The molecule has 1 amide bonds. The highest BCUT2D eigenvalue weighted by Crippen LogP contribution is 2.31. The molecule has 0 spiro atoms. The van der Waals surface area contributed by atoms with Gasteiger partial charge >= 0.3 is 0 Å². The Bertz CT molecular complexity index is 1140. The number of halogens is 2. The van der Waals surface area contributed by atoms with Crippen molar-refractivity contribution in [2.75, 3.05) is 38.3 Å². The van der Waals surface area contributed by atoms with Crippen molar-refractivity contribution < 1.29 is 18.7 Å². The largest absolute Gasteiger partial charge is 0.493 e. The van der Waals surface area contributed by atoms with Crippen LogP contribution in [0.3, 0.4) is 0 Å². The fourth-order valence-corrected chi connectivity index (χ4v) is 3.69. The molecule has 1 unspecified atom stereocenters. The van der Waals surface area contributed by atoms with E-state index in [4.69, 9.17) is 31.6 Å². The first-order valence-electron chi connectivity index (χ1n) is 10.9. The smallest absolute Gasteiger partial charge is 0.255 e. The molecule has 2 aromatic carbocycles. The molecule has 0 saturated carbocycles. The summed E-state index contributed by atoms with van der Waals surface area (Å²) in [5.41, 5.74) is 3.68. The summed E-state index contributed by atoms with van der Waals surface area (Å²) in [6.07, 6.45) is -0.218. The molecule has 0 aliphatic carbocycles. The first-order chi connectivity index (χ1) is 16.9. The Balaban J connectivity index is 1.63. The molecule has 1 saturated heterocycles. The maximum atomic E-state index is 13.1. The van der Waals surface area contributed by atoms with Gasteiger partial charge in [0, 0.05) is 32.2 Å². The second kappa shape index (κ2) is 12.7. The highest BCUT2D eigenvalue weighted by Gasteiger charge is 2.23. The van der Waals surface area contributed by atoms with Crippen molar-refractivity contribution in [3.05, 3.63) is 58.4 Å². The molecule has 35 heavy (non-hydrogen) atoms. The van der Waals surface area contributed by atoms with E-state index in [1.165, 1.54) is 24.3 Å². The number of hydrogen-bond donors (Lipinski definition) is 2. The number of morpholine rings is 1. The van der Waals surface area contributed by atoms with Crippen LogP contribution in [0.4, 0.5) is 10.1 Å². The summed E-state index contributed by atoms with van der Waals surface area (Å²) < 4.78 is 24.5. The van der Waals surface area contributed by atoms with Crippen molar-refractivity contribution in [1.29, 1.82) is 10.5 Å². The number of carbonyl (C=O) groups excluding carboxylic acids is 1. The quantitative estimate of drug-likeness (QED) is 0.401. The topological polar surface area (TPSA) is 123 Å². The minimum atomic E-state index is -0.389. The molecule has 182 valence electrons. The van der Waals surface area contributed by atoms with Crippen molar-refractivity contribution in [2.24, 2.45) is 5.10 Å². The van der Waals surface area contributed by atoms with E-state index < -0.39 is 0 Å². The summed E-state index contributed by atoms with van der Waals surface area (Å²) in [4.78, 5) is 15.1. The molecule has 1 aliphatic heterocycles. The van der Waals surface area contributed by atoms with Crippen molar-refractivity contribution >= 4 is 28.9 Å². The molecular formula is C24H24ClFN6O3. The van der Waals surface area contributed by atoms with E-state index in [1.54, 1.807) is 31.2 Å². The molecule has 0 radical (unpaired) electrons. The minimum absolute atomic E-state index is 0.164. The zero-order chi connectivity index (χ0) is 25.2. The number of rotatable bonds is 9. The Morgan fingerprint density at radius 1 is 1.31 bits per heavy atom. The summed E-state index contributed by atoms with van der Waals surface area (Å²) in [6.45, 7) is 4.88. The van der Waals surface area contributed by atoms with Crippen LogP contribution >= 0.6 is 11.6 Å². The average molecular weight is 499 g/mol. The predicted molar refractivity (Wildman–Crippen MR) is 129 cm³/mol. The molecule has 11 heteroatoms. The fraction of sp³-hybridized carbons (Fsp3) is 0.333.